The van der Waals surface area contributed by atoms with Crippen LogP contribution < -0.4 is 0 Å². The molecular formula is C18H18N2O5S2. The minimum absolute atomic E-state index is 0.163. The van der Waals surface area contributed by atoms with Gasteiger partial charge in [-0.15, -0.1) is 0 Å². The van der Waals surface area contributed by atoms with Gasteiger partial charge in [0.25, 0.3) is 5.22 Å². The predicted octanol–water partition coefficient (Wildman–Crippen LogP) is 3.16. The summed E-state index contributed by atoms with van der Waals surface area (Å²) in [7, 11) is 0.768. The van der Waals surface area contributed by atoms with Crippen LogP contribution in [0.15, 0.2) is 57.0 Å². The van der Waals surface area contributed by atoms with Gasteiger partial charge in [0.05, 0.1) is 17.6 Å². The number of ether oxygens (including phenoxy) is 1. The van der Waals surface area contributed by atoms with Crippen LogP contribution in [-0.4, -0.2) is 44.9 Å². The molecule has 0 bridgehead atoms. The molecule has 0 amide bonds. The maximum Gasteiger partial charge on any atom is 0.337 e. The number of methoxy groups -OCH3 is 1. The minimum Gasteiger partial charge on any atom is -0.465 e. The molecule has 0 atom stereocenters. The molecule has 1 heterocycles. The van der Waals surface area contributed by atoms with Crippen molar-refractivity contribution < 1.29 is 22.4 Å². The molecular weight excluding hydrogens is 388 g/mol. The second-order valence-electron chi connectivity index (χ2n) is 5.88. The van der Waals surface area contributed by atoms with Gasteiger partial charge in [-0.05, 0) is 35.9 Å². The first-order chi connectivity index (χ1) is 12.8. The molecule has 0 fully saturated rings. The maximum absolute atomic E-state index is 12.2. The Kier molecular flexibility index (Phi) is 5.54. The van der Waals surface area contributed by atoms with Gasteiger partial charge in [-0.2, -0.15) is 0 Å². The van der Waals surface area contributed by atoms with E-state index in [0.29, 0.717) is 27.6 Å². The van der Waals surface area contributed by atoms with Gasteiger partial charge in [-0.1, -0.05) is 23.9 Å². The second kappa shape index (κ2) is 7.71. The van der Waals surface area contributed by atoms with Gasteiger partial charge in [0.1, 0.15) is 5.52 Å². The van der Waals surface area contributed by atoms with Crippen molar-refractivity contribution in [3.8, 4) is 0 Å². The molecule has 0 saturated carbocycles. The number of hydrogen-bond acceptors (Lipinski definition) is 7. The van der Waals surface area contributed by atoms with Gasteiger partial charge in [0.2, 0.25) is 10.0 Å². The lowest BCUT2D eigenvalue weighted by atomic mass is 10.1. The lowest BCUT2D eigenvalue weighted by Crippen LogP contribution is -2.22. The van der Waals surface area contributed by atoms with Gasteiger partial charge in [-0.3, -0.25) is 0 Å². The van der Waals surface area contributed by atoms with Crippen LogP contribution in [0.25, 0.3) is 11.1 Å². The highest BCUT2D eigenvalue weighted by Gasteiger charge is 2.19. The zero-order valence-corrected chi connectivity index (χ0v) is 16.6. The molecule has 9 heteroatoms. The largest absolute Gasteiger partial charge is 0.465 e. The van der Waals surface area contributed by atoms with Crippen molar-refractivity contribution in [1.82, 2.24) is 9.29 Å². The molecule has 0 spiro atoms. The van der Waals surface area contributed by atoms with E-state index in [9.17, 15) is 13.2 Å². The lowest BCUT2D eigenvalue weighted by molar-refractivity contribution is 0.0600. The van der Waals surface area contributed by atoms with E-state index in [1.165, 1.54) is 45.1 Å². The smallest absolute Gasteiger partial charge is 0.337 e. The van der Waals surface area contributed by atoms with Crippen LogP contribution >= 0.6 is 11.8 Å². The third-order valence-electron chi connectivity index (χ3n) is 3.83. The van der Waals surface area contributed by atoms with E-state index in [4.69, 9.17) is 9.15 Å². The Balaban J connectivity index is 1.80. The molecule has 0 unspecified atom stereocenters. The molecule has 1 aromatic heterocycles. The zero-order valence-electron chi connectivity index (χ0n) is 15.0. The van der Waals surface area contributed by atoms with E-state index in [1.807, 2.05) is 6.07 Å². The van der Waals surface area contributed by atoms with Crippen LogP contribution in [0, 0.1) is 0 Å². The SMILES string of the molecule is COC(=O)c1cccc(CSc2nc3cc(S(=O)(=O)N(C)C)ccc3o2)c1. The van der Waals surface area contributed by atoms with Crippen molar-refractivity contribution >= 4 is 38.9 Å². The maximum atomic E-state index is 12.2. The standard InChI is InChI=1S/C18H18N2O5S2/c1-20(2)27(22,23)14-7-8-16-15(10-14)19-18(25-16)26-11-12-5-4-6-13(9-12)17(21)24-3/h4-10H,11H2,1-3H3. The molecule has 0 radical (unpaired) electrons. The van der Waals surface area contributed by atoms with E-state index in [-0.39, 0.29) is 4.90 Å². The van der Waals surface area contributed by atoms with Crippen molar-refractivity contribution in [2.45, 2.75) is 15.9 Å². The number of sulfonamides is 1. The highest BCUT2D eigenvalue weighted by Crippen LogP contribution is 2.28. The van der Waals surface area contributed by atoms with Crippen LogP contribution in [-0.2, 0) is 20.5 Å². The highest BCUT2D eigenvalue weighted by atomic mass is 32.2. The number of benzene rings is 2. The molecule has 0 aliphatic heterocycles. The molecule has 7 nitrogen and oxygen atoms in total. The van der Waals surface area contributed by atoms with Crippen LogP contribution in [0.2, 0.25) is 0 Å². The van der Waals surface area contributed by atoms with Gasteiger partial charge < -0.3 is 9.15 Å². The van der Waals surface area contributed by atoms with Gasteiger partial charge in [0, 0.05) is 19.8 Å². The summed E-state index contributed by atoms with van der Waals surface area (Å²) in [5.41, 5.74) is 2.38. The first-order valence-electron chi connectivity index (χ1n) is 7.94. The zero-order chi connectivity index (χ0) is 19.6. The van der Waals surface area contributed by atoms with Crippen LogP contribution in [0.5, 0.6) is 0 Å². The Bertz CT molecular complexity index is 1090. The minimum atomic E-state index is -3.53. The van der Waals surface area contributed by atoms with Gasteiger partial charge in [0.15, 0.2) is 5.58 Å². The molecule has 27 heavy (non-hydrogen) atoms. The molecule has 3 rings (SSSR count). The molecule has 3 aromatic rings. The van der Waals surface area contributed by atoms with E-state index in [0.717, 1.165) is 9.87 Å². The topological polar surface area (TPSA) is 89.7 Å². The molecule has 0 N–H and O–H groups in total. The fraction of sp³-hybridized carbons (Fsp3) is 0.222. The molecule has 0 saturated heterocycles. The van der Waals surface area contributed by atoms with E-state index < -0.39 is 16.0 Å². The fourth-order valence-electron chi connectivity index (χ4n) is 2.37. The number of esters is 1. The number of carbonyl (C=O) groups excluding carboxylic acids is 1. The van der Waals surface area contributed by atoms with Crippen LogP contribution in [0.4, 0.5) is 0 Å². The number of carbonyl (C=O) groups is 1. The summed E-state index contributed by atoms with van der Waals surface area (Å²) in [4.78, 5) is 16.1. The van der Waals surface area contributed by atoms with Gasteiger partial charge >= 0.3 is 5.97 Å². The number of nitrogens with zero attached hydrogens (tertiary/aromatic N) is 2. The van der Waals surface area contributed by atoms with Crippen molar-refractivity contribution in [3.63, 3.8) is 0 Å². The van der Waals surface area contributed by atoms with E-state index in [2.05, 4.69) is 4.98 Å². The summed E-state index contributed by atoms with van der Waals surface area (Å²) in [5.74, 6) is 0.152. The molecule has 0 aliphatic rings. The summed E-state index contributed by atoms with van der Waals surface area (Å²) in [5, 5.41) is 0.424. The van der Waals surface area contributed by atoms with Crippen molar-refractivity contribution in [2.24, 2.45) is 0 Å². The lowest BCUT2D eigenvalue weighted by Gasteiger charge is -2.10. The summed E-state index contributed by atoms with van der Waals surface area (Å²) >= 11 is 1.36. The number of thioether (sulfide) groups is 1. The Morgan fingerprint density at radius 2 is 2.00 bits per heavy atom. The monoisotopic (exact) mass is 406 g/mol. The van der Waals surface area contributed by atoms with Gasteiger partial charge in [-0.25, -0.2) is 22.5 Å². The highest BCUT2D eigenvalue weighted by molar-refractivity contribution is 7.98. The first-order valence-corrected chi connectivity index (χ1v) is 10.4. The fourth-order valence-corrected chi connectivity index (χ4v) is 4.07. The average Bonchev–Trinajstić information content (AvgIpc) is 3.08. The van der Waals surface area contributed by atoms with Crippen molar-refractivity contribution in [2.75, 3.05) is 21.2 Å². The second-order valence-corrected chi connectivity index (χ2v) is 8.96. The third-order valence-corrected chi connectivity index (χ3v) is 6.54. The van der Waals surface area contributed by atoms with Crippen molar-refractivity contribution in [1.29, 1.82) is 0 Å². The molecule has 2 aromatic carbocycles. The van der Waals surface area contributed by atoms with Crippen LogP contribution in [0.3, 0.4) is 0 Å². The normalized spacial score (nSPS) is 11.9. The van der Waals surface area contributed by atoms with E-state index >= 15 is 0 Å². The summed E-state index contributed by atoms with van der Waals surface area (Å²) < 4.78 is 36.0. The number of aromatic nitrogens is 1. The number of rotatable bonds is 6. The summed E-state index contributed by atoms with van der Waals surface area (Å²) in [6.07, 6.45) is 0. The Morgan fingerprint density at radius 3 is 2.70 bits per heavy atom. The first kappa shape index (κ1) is 19.4. The average molecular weight is 406 g/mol. The predicted molar refractivity (Wildman–Crippen MR) is 102 cm³/mol. The molecule has 142 valence electrons. The summed E-state index contributed by atoms with van der Waals surface area (Å²) in [6, 6.07) is 11.7. The Hall–Kier alpha value is -2.36. The third kappa shape index (κ3) is 4.15. The summed E-state index contributed by atoms with van der Waals surface area (Å²) in [6.45, 7) is 0. The number of fused-ring (bicyclic) bond motifs is 1. The number of oxazole rings is 1. The number of hydrogen-bond donors (Lipinski definition) is 0. The molecule has 0 aliphatic carbocycles. The quantitative estimate of drug-likeness (QED) is 0.459. The Labute approximate surface area is 161 Å². The van der Waals surface area contributed by atoms with Crippen molar-refractivity contribution in [3.05, 3.63) is 53.6 Å². The van der Waals surface area contributed by atoms with E-state index in [1.54, 1.807) is 24.3 Å². The Morgan fingerprint density at radius 1 is 1.22 bits per heavy atom. The van der Waals surface area contributed by atoms with Crippen LogP contribution in [0.1, 0.15) is 15.9 Å².